The molecule has 0 saturated heterocycles. The first-order chi connectivity index (χ1) is 8.79. The van der Waals surface area contributed by atoms with Crippen LogP contribution in [0.15, 0.2) is 12.3 Å². The lowest BCUT2D eigenvalue weighted by molar-refractivity contribution is 0.328. The number of hydrogen-bond donors (Lipinski definition) is 2. The van der Waals surface area contributed by atoms with Crippen molar-refractivity contribution < 1.29 is 0 Å². The Labute approximate surface area is 110 Å². The third-order valence-electron chi connectivity index (χ3n) is 3.72. The van der Waals surface area contributed by atoms with Crippen LogP contribution in [0.3, 0.4) is 0 Å². The van der Waals surface area contributed by atoms with Gasteiger partial charge in [-0.2, -0.15) is 4.98 Å². The molecular weight excluding hydrogens is 224 g/mol. The van der Waals surface area contributed by atoms with Crippen molar-refractivity contribution in [1.82, 2.24) is 9.97 Å². The van der Waals surface area contributed by atoms with Gasteiger partial charge >= 0.3 is 0 Å². The molecule has 0 amide bonds. The van der Waals surface area contributed by atoms with Gasteiger partial charge in [0.1, 0.15) is 5.82 Å². The predicted molar refractivity (Wildman–Crippen MR) is 75.9 cm³/mol. The summed E-state index contributed by atoms with van der Waals surface area (Å²) >= 11 is 0. The molecule has 18 heavy (non-hydrogen) atoms. The fourth-order valence-corrected chi connectivity index (χ4v) is 2.67. The van der Waals surface area contributed by atoms with Crippen molar-refractivity contribution in [2.45, 2.75) is 52.0 Å². The summed E-state index contributed by atoms with van der Waals surface area (Å²) < 4.78 is 0. The molecule has 1 heterocycles. The van der Waals surface area contributed by atoms with Crippen LogP contribution in [-0.2, 0) is 0 Å². The molecule has 4 nitrogen and oxygen atoms in total. The number of aromatic nitrogens is 2. The highest BCUT2D eigenvalue weighted by Gasteiger charge is 2.20. The van der Waals surface area contributed by atoms with Crippen molar-refractivity contribution in [1.29, 1.82) is 0 Å². The summed E-state index contributed by atoms with van der Waals surface area (Å²) in [6.07, 6.45) is 8.66. The molecular formula is C14H24N4. The van der Waals surface area contributed by atoms with E-state index in [-0.39, 0.29) is 0 Å². The normalized spacial score (nSPS) is 18.3. The average molecular weight is 248 g/mol. The summed E-state index contributed by atoms with van der Waals surface area (Å²) in [5.74, 6) is 2.42. The SMILES string of the molecule is CCNc1nccc(NC(C)C2CCCCC2)n1. The Balaban J connectivity index is 1.93. The lowest BCUT2D eigenvalue weighted by Crippen LogP contribution is -2.28. The van der Waals surface area contributed by atoms with Gasteiger partial charge in [0.2, 0.25) is 5.95 Å². The molecule has 0 bridgehead atoms. The van der Waals surface area contributed by atoms with Gasteiger partial charge in [-0.25, -0.2) is 4.98 Å². The fourth-order valence-electron chi connectivity index (χ4n) is 2.67. The van der Waals surface area contributed by atoms with Crippen LogP contribution >= 0.6 is 0 Å². The van der Waals surface area contributed by atoms with Crippen LogP contribution in [0, 0.1) is 5.92 Å². The Kier molecular flexibility index (Phi) is 4.79. The molecule has 1 saturated carbocycles. The van der Waals surface area contributed by atoms with E-state index in [1.807, 2.05) is 13.0 Å². The molecule has 1 aromatic rings. The third kappa shape index (κ3) is 3.59. The molecule has 0 aromatic carbocycles. The first-order valence-electron chi connectivity index (χ1n) is 7.13. The quantitative estimate of drug-likeness (QED) is 0.839. The van der Waals surface area contributed by atoms with E-state index in [9.17, 15) is 0 Å². The Morgan fingerprint density at radius 1 is 1.33 bits per heavy atom. The molecule has 1 aliphatic rings. The van der Waals surface area contributed by atoms with E-state index in [4.69, 9.17) is 0 Å². The molecule has 0 radical (unpaired) electrons. The van der Waals surface area contributed by atoms with E-state index in [2.05, 4.69) is 27.5 Å². The second kappa shape index (κ2) is 6.57. The average Bonchev–Trinajstić information content (AvgIpc) is 2.40. The van der Waals surface area contributed by atoms with Crippen molar-refractivity contribution in [3.8, 4) is 0 Å². The molecule has 2 N–H and O–H groups in total. The number of rotatable bonds is 5. The molecule has 1 aliphatic carbocycles. The zero-order valence-electron chi connectivity index (χ0n) is 11.4. The summed E-state index contributed by atoms with van der Waals surface area (Å²) in [6, 6.07) is 2.44. The zero-order valence-corrected chi connectivity index (χ0v) is 11.4. The van der Waals surface area contributed by atoms with Gasteiger partial charge in [0, 0.05) is 18.8 Å². The lowest BCUT2D eigenvalue weighted by Gasteiger charge is -2.28. The highest BCUT2D eigenvalue weighted by Crippen LogP contribution is 2.27. The highest BCUT2D eigenvalue weighted by molar-refractivity contribution is 5.40. The van der Waals surface area contributed by atoms with E-state index in [0.29, 0.717) is 12.0 Å². The maximum atomic E-state index is 4.46. The zero-order chi connectivity index (χ0) is 12.8. The molecule has 2 rings (SSSR count). The minimum absolute atomic E-state index is 0.495. The molecule has 1 aromatic heterocycles. The summed E-state index contributed by atoms with van der Waals surface area (Å²) in [7, 11) is 0. The Morgan fingerprint density at radius 2 is 2.11 bits per heavy atom. The Bertz CT molecular complexity index is 361. The maximum absolute atomic E-state index is 4.46. The van der Waals surface area contributed by atoms with Crippen molar-refractivity contribution in [3.05, 3.63) is 12.3 Å². The first-order valence-corrected chi connectivity index (χ1v) is 7.13. The summed E-state index contributed by atoms with van der Waals surface area (Å²) in [4.78, 5) is 8.65. The number of nitrogens with zero attached hydrogens (tertiary/aromatic N) is 2. The highest BCUT2D eigenvalue weighted by atomic mass is 15.1. The van der Waals surface area contributed by atoms with Crippen LogP contribution < -0.4 is 10.6 Å². The van der Waals surface area contributed by atoms with Gasteiger partial charge in [-0.05, 0) is 38.7 Å². The Hall–Kier alpha value is -1.32. The number of hydrogen-bond acceptors (Lipinski definition) is 4. The van der Waals surface area contributed by atoms with Crippen molar-refractivity contribution in [3.63, 3.8) is 0 Å². The topological polar surface area (TPSA) is 49.8 Å². The van der Waals surface area contributed by atoms with Crippen LogP contribution in [0.25, 0.3) is 0 Å². The van der Waals surface area contributed by atoms with Gasteiger partial charge < -0.3 is 10.6 Å². The molecule has 1 atom stereocenters. The largest absolute Gasteiger partial charge is 0.367 e. The van der Waals surface area contributed by atoms with Crippen molar-refractivity contribution >= 4 is 11.8 Å². The minimum Gasteiger partial charge on any atom is -0.367 e. The predicted octanol–water partition coefficient (Wildman–Crippen LogP) is 3.29. The van der Waals surface area contributed by atoms with Crippen LogP contribution in [-0.4, -0.2) is 22.6 Å². The summed E-state index contributed by atoms with van der Waals surface area (Å²) in [5.41, 5.74) is 0. The van der Waals surface area contributed by atoms with Crippen molar-refractivity contribution in [2.24, 2.45) is 5.92 Å². The monoisotopic (exact) mass is 248 g/mol. The lowest BCUT2D eigenvalue weighted by atomic mass is 9.84. The summed E-state index contributed by atoms with van der Waals surface area (Å²) in [6.45, 7) is 5.17. The molecule has 1 unspecified atom stereocenters. The van der Waals surface area contributed by atoms with Gasteiger partial charge in [-0.3, -0.25) is 0 Å². The third-order valence-corrected chi connectivity index (χ3v) is 3.72. The smallest absolute Gasteiger partial charge is 0.224 e. The standard InChI is InChI=1S/C14H24N4/c1-3-15-14-16-10-9-13(18-14)17-11(2)12-7-5-4-6-8-12/h9-12H,3-8H2,1-2H3,(H2,15,16,17,18). The van der Waals surface area contributed by atoms with Crippen LogP contribution in [0.5, 0.6) is 0 Å². The molecule has 0 spiro atoms. The van der Waals surface area contributed by atoms with Crippen LogP contribution in [0.4, 0.5) is 11.8 Å². The Morgan fingerprint density at radius 3 is 2.83 bits per heavy atom. The second-order valence-corrected chi connectivity index (χ2v) is 5.13. The van der Waals surface area contributed by atoms with Gasteiger partial charge in [-0.1, -0.05) is 19.3 Å². The molecule has 0 aliphatic heterocycles. The second-order valence-electron chi connectivity index (χ2n) is 5.13. The minimum atomic E-state index is 0.495. The van der Waals surface area contributed by atoms with Crippen LogP contribution in [0.1, 0.15) is 46.0 Å². The van der Waals surface area contributed by atoms with Gasteiger partial charge in [0.25, 0.3) is 0 Å². The van der Waals surface area contributed by atoms with E-state index < -0.39 is 0 Å². The first kappa shape index (κ1) is 13.1. The van der Waals surface area contributed by atoms with E-state index in [0.717, 1.165) is 18.3 Å². The number of anilines is 2. The maximum Gasteiger partial charge on any atom is 0.224 e. The van der Waals surface area contributed by atoms with E-state index >= 15 is 0 Å². The molecule has 4 heteroatoms. The van der Waals surface area contributed by atoms with Gasteiger partial charge in [0.15, 0.2) is 0 Å². The van der Waals surface area contributed by atoms with E-state index in [1.165, 1.54) is 32.1 Å². The number of nitrogens with one attached hydrogen (secondary N) is 2. The van der Waals surface area contributed by atoms with Gasteiger partial charge in [-0.15, -0.1) is 0 Å². The fraction of sp³-hybridized carbons (Fsp3) is 0.714. The molecule has 100 valence electrons. The molecule has 1 fully saturated rings. The van der Waals surface area contributed by atoms with Gasteiger partial charge in [0.05, 0.1) is 0 Å². The summed E-state index contributed by atoms with van der Waals surface area (Å²) in [5, 5.41) is 6.66. The van der Waals surface area contributed by atoms with Crippen molar-refractivity contribution in [2.75, 3.05) is 17.2 Å². The van der Waals surface area contributed by atoms with E-state index in [1.54, 1.807) is 6.20 Å². The van der Waals surface area contributed by atoms with Crippen LogP contribution in [0.2, 0.25) is 0 Å².